The van der Waals surface area contributed by atoms with E-state index in [1.165, 1.54) is 6.08 Å². The molecule has 2 aliphatic heterocycles. The first kappa shape index (κ1) is 26.4. The van der Waals surface area contributed by atoms with E-state index in [0.717, 1.165) is 0 Å². The zero-order chi connectivity index (χ0) is 27.1. The zero-order valence-electron chi connectivity index (χ0n) is 22.5. The number of ether oxygens (including phenoxy) is 2. The van der Waals surface area contributed by atoms with Crippen LogP contribution in [0.1, 0.15) is 66.7 Å². The molecule has 0 aromatic heterocycles. The van der Waals surface area contributed by atoms with Crippen molar-refractivity contribution >= 4 is 11.9 Å². The van der Waals surface area contributed by atoms with Crippen LogP contribution < -0.4 is 0 Å². The van der Waals surface area contributed by atoms with E-state index in [1.807, 2.05) is 19.1 Å². The van der Waals surface area contributed by atoms with Gasteiger partial charge in [0.05, 0.1) is 17.3 Å². The van der Waals surface area contributed by atoms with Crippen LogP contribution in [-0.4, -0.2) is 56.3 Å². The fourth-order valence-corrected chi connectivity index (χ4v) is 8.25. The largest absolute Gasteiger partial charge is 0.458 e. The molecule has 2 heterocycles. The Morgan fingerprint density at radius 3 is 2.51 bits per heavy atom. The van der Waals surface area contributed by atoms with E-state index in [0.29, 0.717) is 48.8 Å². The molecule has 0 aromatic rings. The minimum Gasteiger partial charge on any atom is -0.458 e. The lowest BCUT2D eigenvalue weighted by Crippen LogP contribution is -2.53. The highest BCUT2D eigenvalue weighted by atomic mass is 16.6. The Bertz CT molecular complexity index is 1130. The topological polar surface area (TPSA) is 113 Å². The summed E-state index contributed by atoms with van der Waals surface area (Å²) >= 11 is 0. The number of fused-ring (bicyclic) bond motifs is 4. The number of rotatable bonds is 2. The Morgan fingerprint density at radius 2 is 1.84 bits per heavy atom. The number of hydrogen-bond donors (Lipinski definition) is 3. The molecule has 2 fully saturated rings. The molecule has 3 N–H and O–H groups in total. The van der Waals surface area contributed by atoms with Crippen molar-refractivity contribution in [3.8, 4) is 0 Å². The number of allylic oxidation sites excluding steroid dienone is 1. The van der Waals surface area contributed by atoms with Crippen LogP contribution in [-0.2, 0) is 19.1 Å². The fraction of sp³-hybridized carbons (Fsp3) is 0.667. The molecule has 0 radical (unpaired) electrons. The van der Waals surface area contributed by atoms with Crippen LogP contribution in [0.4, 0.5) is 0 Å². The summed E-state index contributed by atoms with van der Waals surface area (Å²) in [7, 11) is 0. The summed E-state index contributed by atoms with van der Waals surface area (Å²) in [5.41, 5.74) is -1.88. The highest BCUT2D eigenvalue weighted by Gasteiger charge is 2.66. The maximum Gasteiger partial charge on any atom is 0.333 e. The minimum atomic E-state index is -1.24. The molecule has 0 saturated heterocycles. The maximum atomic E-state index is 12.2. The predicted molar refractivity (Wildman–Crippen MR) is 137 cm³/mol. The van der Waals surface area contributed by atoms with Crippen LogP contribution in [0, 0.1) is 29.1 Å². The van der Waals surface area contributed by atoms with Gasteiger partial charge >= 0.3 is 11.9 Å². The summed E-state index contributed by atoms with van der Waals surface area (Å²) in [5.74, 6) is -2.11. The second-order valence-corrected chi connectivity index (χ2v) is 12.9. The molecule has 3 aliphatic carbocycles. The van der Waals surface area contributed by atoms with E-state index in [-0.39, 0.29) is 23.7 Å². The second-order valence-electron chi connectivity index (χ2n) is 12.9. The monoisotopic (exact) mass is 512 g/mol. The zero-order valence-corrected chi connectivity index (χ0v) is 22.5. The molecular weight excluding hydrogens is 472 g/mol. The Labute approximate surface area is 218 Å². The molecule has 202 valence electrons. The first-order chi connectivity index (χ1) is 17.1. The second kappa shape index (κ2) is 8.39. The summed E-state index contributed by atoms with van der Waals surface area (Å²) in [5, 5.41) is 35.6. The van der Waals surface area contributed by atoms with E-state index in [4.69, 9.17) is 9.47 Å². The van der Waals surface area contributed by atoms with Crippen molar-refractivity contribution in [3.05, 3.63) is 47.6 Å². The van der Waals surface area contributed by atoms with E-state index in [1.54, 1.807) is 26.8 Å². The lowest BCUT2D eigenvalue weighted by molar-refractivity contribution is -0.157. The number of hydrogen-bond acceptors (Lipinski definition) is 7. The summed E-state index contributed by atoms with van der Waals surface area (Å²) in [6, 6.07) is 0. The predicted octanol–water partition coefficient (Wildman–Crippen LogP) is 3.54. The summed E-state index contributed by atoms with van der Waals surface area (Å²) < 4.78 is 11.3. The van der Waals surface area contributed by atoms with Crippen LogP contribution in [0.3, 0.4) is 0 Å². The van der Waals surface area contributed by atoms with Crippen molar-refractivity contribution in [1.29, 1.82) is 0 Å². The molecule has 5 aliphatic rings. The van der Waals surface area contributed by atoms with Gasteiger partial charge in [0, 0.05) is 29.9 Å². The minimum absolute atomic E-state index is 0.193. The number of esters is 2. The van der Waals surface area contributed by atoms with Gasteiger partial charge in [-0.05, 0) is 80.9 Å². The molecule has 5 rings (SSSR count). The standard InChI is InChI=1S/C30H40O7/c1-16-7-9-22(36-26(16)33)18(3)30(35)12-11-28(6)20(17(30)2)15-29(34)14-19-8-10-24(32)37-27(4,5)25(19)21(31)13-23(28)29/h7-8,10,14,18,20-23,25,31,34-35H,2,9,11-13,15H2,1,3-6H3. The molecule has 0 spiro atoms. The quantitative estimate of drug-likeness (QED) is 0.383. The molecule has 0 bridgehead atoms. The number of aliphatic hydroxyl groups is 3. The van der Waals surface area contributed by atoms with Crippen LogP contribution >= 0.6 is 0 Å². The van der Waals surface area contributed by atoms with Crippen molar-refractivity contribution in [1.82, 2.24) is 0 Å². The molecule has 7 heteroatoms. The molecule has 0 aromatic carbocycles. The van der Waals surface area contributed by atoms with E-state index in [9.17, 15) is 24.9 Å². The van der Waals surface area contributed by atoms with E-state index in [2.05, 4.69) is 13.5 Å². The van der Waals surface area contributed by atoms with Crippen LogP contribution in [0.25, 0.3) is 0 Å². The summed E-state index contributed by atoms with van der Waals surface area (Å²) in [4.78, 5) is 24.4. The SMILES string of the molecule is C=C1C2CC3(O)C=C4C=CC(=O)OC(C)(C)C4C(O)CC3C2(C)CCC1(O)C(C)C1CC=C(C)C(=O)O1. The van der Waals surface area contributed by atoms with E-state index < -0.39 is 46.3 Å². The first-order valence-electron chi connectivity index (χ1n) is 13.5. The summed E-state index contributed by atoms with van der Waals surface area (Å²) in [6.45, 7) is 13.8. The number of carbonyl (C=O) groups is 2. The van der Waals surface area contributed by atoms with Gasteiger partial charge in [-0.15, -0.1) is 0 Å². The van der Waals surface area contributed by atoms with Crippen LogP contribution in [0.2, 0.25) is 0 Å². The van der Waals surface area contributed by atoms with Gasteiger partial charge in [0.1, 0.15) is 11.7 Å². The van der Waals surface area contributed by atoms with Crippen molar-refractivity contribution in [2.45, 2.75) is 95.7 Å². The third kappa shape index (κ3) is 3.88. The smallest absolute Gasteiger partial charge is 0.333 e. The van der Waals surface area contributed by atoms with Crippen LogP contribution in [0.15, 0.2) is 47.6 Å². The number of aliphatic hydroxyl groups excluding tert-OH is 1. The molecule has 2 saturated carbocycles. The van der Waals surface area contributed by atoms with Gasteiger partial charge in [-0.25, -0.2) is 9.59 Å². The Balaban J connectivity index is 1.49. The van der Waals surface area contributed by atoms with Crippen molar-refractivity contribution in [2.75, 3.05) is 0 Å². The average molecular weight is 513 g/mol. The lowest BCUT2D eigenvalue weighted by Gasteiger charge is -2.52. The van der Waals surface area contributed by atoms with E-state index >= 15 is 0 Å². The molecule has 37 heavy (non-hydrogen) atoms. The van der Waals surface area contributed by atoms with Gasteiger partial charge in [-0.3, -0.25) is 0 Å². The van der Waals surface area contributed by atoms with Gasteiger partial charge in [0.25, 0.3) is 0 Å². The Hall–Kier alpha value is -2.22. The average Bonchev–Trinajstić information content (AvgIpc) is 2.89. The van der Waals surface area contributed by atoms with Crippen molar-refractivity contribution < 1.29 is 34.4 Å². The van der Waals surface area contributed by atoms with Gasteiger partial charge in [-0.1, -0.05) is 32.6 Å². The third-order valence-electron chi connectivity index (χ3n) is 10.5. The highest BCUT2D eigenvalue weighted by Crippen LogP contribution is 2.66. The van der Waals surface area contributed by atoms with Crippen LogP contribution in [0.5, 0.6) is 0 Å². The Morgan fingerprint density at radius 1 is 1.14 bits per heavy atom. The third-order valence-corrected chi connectivity index (χ3v) is 10.5. The first-order valence-corrected chi connectivity index (χ1v) is 13.5. The highest BCUT2D eigenvalue weighted by molar-refractivity contribution is 5.88. The Kier molecular flexibility index (Phi) is 5.98. The van der Waals surface area contributed by atoms with Gasteiger partial charge in [0.2, 0.25) is 0 Å². The van der Waals surface area contributed by atoms with Crippen molar-refractivity contribution in [2.24, 2.45) is 29.1 Å². The molecular formula is C30H40O7. The molecule has 9 unspecified atom stereocenters. The normalized spacial score (nSPS) is 45.7. The molecule has 9 atom stereocenters. The van der Waals surface area contributed by atoms with Crippen molar-refractivity contribution in [3.63, 3.8) is 0 Å². The maximum absolute atomic E-state index is 12.2. The van der Waals surface area contributed by atoms with Gasteiger partial charge < -0.3 is 24.8 Å². The number of carbonyl (C=O) groups excluding carboxylic acids is 2. The molecule has 0 amide bonds. The number of cyclic esters (lactones) is 2. The molecule has 7 nitrogen and oxygen atoms in total. The lowest BCUT2D eigenvalue weighted by atomic mass is 9.55. The van der Waals surface area contributed by atoms with Gasteiger partial charge in [-0.2, -0.15) is 0 Å². The fourth-order valence-electron chi connectivity index (χ4n) is 8.25. The summed E-state index contributed by atoms with van der Waals surface area (Å²) in [6.07, 6.45) is 7.75. The van der Waals surface area contributed by atoms with Gasteiger partial charge in [0.15, 0.2) is 0 Å².